The van der Waals surface area contributed by atoms with E-state index in [1.54, 1.807) is 0 Å². The lowest BCUT2D eigenvalue weighted by molar-refractivity contribution is -0.121. The van der Waals surface area contributed by atoms with Gasteiger partial charge in [-0.1, -0.05) is 20.8 Å². The summed E-state index contributed by atoms with van der Waals surface area (Å²) in [6, 6.07) is 0. The molecule has 1 saturated heterocycles. The van der Waals surface area contributed by atoms with Crippen LogP contribution in [0, 0.1) is 5.41 Å². The highest BCUT2D eigenvalue weighted by atomic mass is 16.5. The fourth-order valence-corrected chi connectivity index (χ4v) is 1.75. The first-order valence-corrected chi connectivity index (χ1v) is 6.25. The third-order valence-corrected chi connectivity index (χ3v) is 2.71. The van der Waals surface area contributed by atoms with E-state index in [9.17, 15) is 0 Å². The van der Waals surface area contributed by atoms with Crippen molar-refractivity contribution in [3.8, 4) is 0 Å². The Labute approximate surface area is 99.9 Å². The van der Waals surface area contributed by atoms with E-state index in [4.69, 9.17) is 9.47 Å². The lowest BCUT2D eigenvalue weighted by atomic mass is 9.93. The summed E-state index contributed by atoms with van der Waals surface area (Å²) < 4.78 is 11.6. The van der Waals surface area contributed by atoms with Crippen LogP contribution in [0.5, 0.6) is 0 Å². The maximum Gasteiger partial charge on any atom is 0.0940 e. The Bertz CT molecular complexity index is 208. The molecule has 1 aliphatic heterocycles. The molecule has 96 valence electrons. The Morgan fingerprint density at radius 1 is 1.38 bits per heavy atom. The van der Waals surface area contributed by atoms with Gasteiger partial charge in [0.15, 0.2) is 0 Å². The summed E-state index contributed by atoms with van der Waals surface area (Å²) in [5.41, 5.74) is 0.293. The van der Waals surface area contributed by atoms with Crippen LogP contribution in [0.4, 0.5) is 0 Å². The molecule has 1 rings (SSSR count). The molecule has 1 atom stereocenters. The molecule has 0 aromatic heterocycles. The van der Waals surface area contributed by atoms with Gasteiger partial charge in [-0.15, -0.1) is 0 Å². The fraction of sp³-hybridized carbons (Fsp3) is 1.00. The van der Waals surface area contributed by atoms with Crippen LogP contribution in [0.1, 0.15) is 41.0 Å². The molecule has 0 spiro atoms. The van der Waals surface area contributed by atoms with Crippen LogP contribution >= 0.6 is 0 Å². The predicted molar refractivity (Wildman–Crippen MR) is 66.7 cm³/mol. The number of nitrogens with one attached hydrogen (secondary N) is 1. The quantitative estimate of drug-likeness (QED) is 0.750. The molecule has 1 fully saturated rings. The third-order valence-electron chi connectivity index (χ3n) is 2.71. The molecule has 3 nitrogen and oxygen atoms in total. The zero-order valence-corrected chi connectivity index (χ0v) is 11.4. The van der Waals surface area contributed by atoms with E-state index in [0.717, 1.165) is 26.1 Å². The molecule has 0 bridgehead atoms. The lowest BCUT2D eigenvalue weighted by Gasteiger charge is -2.36. The molecule has 1 aliphatic rings. The molecule has 0 amide bonds. The van der Waals surface area contributed by atoms with Crippen LogP contribution in [0.3, 0.4) is 0 Å². The highest BCUT2D eigenvalue weighted by Crippen LogP contribution is 2.19. The van der Waals surface area contributed by atoms with Crippen molar-refractivity contribution >= 4 is 0 Å². The van der Waals surface area contributed by atoms with Crippen molar-refractivity contribution < 1.29 is 9.47 Å². The first-order chi connectivity index (χ1) is 7.29. The van der Waals surface area contributed by atoms with Gasteiger partial charge in [-0.05, 0) is 25.7 Å². The monoisotopic (exact) mass is 229 g/mol. The van der Waals surface area contributed by atoms with Crippen LogP contribution < -0.4 is 5.32 Å². The number of ether oxygens (including phenoxy) is 2. The molecule has 0 aromatic carbocycles. The Kier molecular flexibility index (Phi) is 4.77. The molecule has 0 aliphatic carbocycles. The van der Waals surface area contributed by atoms with Gasteiger partial charge < -0.3 is 14.8 Å². The van der Waals surface area contributed by atoms with Gasteiger partial charge in [0.2, 0.25) is 0 Å². The number of rotatable bonds is 4. The SMILES string of the molecule is CC(C)(C)CCOCC1CNCC(C)(C)O1. The molecule has 0 saturated carbocycles. The summed E-state index contributed by atoms with van der Waals surface area (Å²) in [5, 5.41) is 3.38. The van der Waals surface area contributed by atoms with Crippen molar-refractivity contribution in [1.82, 2.24) is 5.32 Å². The summed E-state index contributed by atoms with van der Waals surface area (Å²) in [7, 11) is 0. The van der Waals surface area contributed by atoms with Crippen molar-refractivity contribution in [3.63, 3.8) is 0 Å². The second-order valence-corrected chi connectivity index (χ2v) is 6.52. The maximum absolute atomic E-state index is 5.92. The van der Waals surface area contributed by atoms with Gasteiger partial charge in [0.05, 0.1) is 18.3 Å². The molecule has 0 aromatic rings. The smallest absolute Gasteiger partial charge is 0.0940 e. The minimum atomic E-state index is -0.0592. The second-order valence-electron chi connectivity index (χ2n) is 6.52. The zero-order valence-electron chi connectivity index (χ0n) is 11.4. The summed E-state index contributed by atoms with van der Waals surface area (Å²) >= 11 is 0. The van der Waals surface area contributed by atoms with E-state index < -0.39 is 0 Å². The van der Waals surface area contributed by atoms with E-state index in [-0.39, 0.29) is 11.7 Å². The average Bonchev–Trinajstić information content (AvgIpc) is 2.09. The van der Waals surface area contributed by atoms with E-state index in [1.165, 1.54) is 0 Å². The van der Waals surface area contributed by atoms with E-state index in [1.807, 2.05) is 0 Å². The molecule has 1 unspecified atom stereocenters. The van der Waals surface area contributed by atoms with Crippen LogP contribution in [-0.2, 0) is 9.47 Å². The Balaban J connectivity index is 2.13. The van der Waals surface area contributed by atoms with Gasteiger partial charge in [-0.3, -0.25) is 0 Å². The first kappa shape index (κ1) is 13.9. The lowest BCUT2D eigenvalue weighted by Crippen LogP contribution is -2.51. The predicted octanol–water partition coefficient (Wildman–Crippen LogP) is 2.21. The van der Waals surface area contributed by atoms with Crippen LogP contribution in [0.25, 0.3) is 0 Å². The third kappa shape index (κ3) is 5.83. The molecular formula is C13H27NO2. The summed E-state index contributed by atoms with van der Waals surface area (Å²) in [5.74, 6) is 0. The van der Waals surface area contributed by atoms with Crippen molar-refractivity contribution in [1.29, 1.82) is 0 Å². The first-order valence-electron chi connectivity index (χ1n) is 6.25. The Morgan fingerprint density at radius 3 is 2.62 bits per heavy atom. The average molecular weight is 229 g/mol. The Hall–Kier alpha value is -0.120. The molecule has 3 heteroatoms. The number of morpholine rings is 1. The second kappa shape index (κ2) is 5.48. The molecule has 0 radical (unpaired) electrons. The van der Waals surface area contributed by atoms with Gasteiger partial charge in [0, 0.05) is 19.7 Å². The van der Waals surface area contributed by atoms with Crippen molar-refractivity contribution in [2.45, 2.75) is 52.7 Å². The molecule has 16 heavy (non-hydrogen) atoms. The largest absolute Gasteiger partial charge is 0.379 e. The minimum Gasteiger partial charge on any atom is -0.379 e. The Morgan fingerprint density at radius 2 is 2.06 bits per heavy atom. The zero-order chi connectivity index (χ0) is 12.2. The standard InChI is InChI=1S/C13H27NO2/c1-12(2,3)6-7-15-9-11-8-14-10-13(4,5)16-11/h11,14H,6-10H2,1-5H3. The van der Waals surface area contributed by atoms with Gasteiger partial charge in [0.25, 0.3) is 0 Å². The van der Waals surface area contributed by atoms with E-state index in [2.05, 4.69) is 39.9 Å². The van der Waals surface area contributed by atoms with Crippen LogP contribution in [-0.4, -0.2) is 38.0 Å². The normalized spacial score (nSPS) is 25.7. The summed E-state index contributed by atoms with van der Waals surface area (Å²) in [4.78, 5) is 0. The van der Waals surface area contributed by atoms with E-state index >= 15 is 0 Å². The van der Waals surface area contributed by atoms with Crippen molar-refractivity contribution in [3.05, 3.63) is 0 Å². The van der Waals surface area contributed by atoms with E-state index in [0.29, 0.717) is 12.0 Å². The van der Waals surface area contributed by atoms with Crippen molar-refractivity contribution in [2.75, 3.05) is 26.3 Å². The number of hydrogen-bond acceptors (Lipinski definition) is 3. The van der Waals surface area contributed by atoms with Gasteiger partial charge in [-0.25, -0.2) is 0 Å². The summed E-state index contributed by atoms with van der Waals surface area (Å²) in [6.45, 7) is 14.3. The topological polar surface area (TPSA) is 30.5 Å². The van der Waals surface area contributed by atoms with Gasteiger partial charge >= 0.3 is 0 Å². The molecule has 1 N–H and O–H groups in total. The van der Waals surface area contributed by atoms with Gasteiger partial charge in [-0.2, -0.15) is 0 Å². The minimum absolute atomic E-state index is 0.0592. The van der Waals surface area contributed by atoms with Gasteiger partial charge in [0.1, 0.15) is 0 Å². The van der Waals surface area contributed by atoms with Crippen LogP contribution in [0.2, 0.25) is 0 Å². The highest BCUT2D eigenvalue weighted by molar-refractivity contribution is 4.81. The molecule has 1 heterocycles. The van der Waals surface area contributed by atoms with Crippen molar-refractivity contribution in [2.24, 2.45) is 5.41 Å². The maximum atomic E-state index is 5.92. The highest BCUT2D eigenvalue weighted by Gasteiger charge is 2.28. The van der Waals surface area contributed by atoms with Crippen LogP contribution in [0.15, 0.2) is 0 Å². The molecular weight excluding hydrogens is 202 g/mol. The number of hydrogen-bond donors (Lipinski definition) is 1. The fourth-order valence-electron chi connectivity index (χ4n) is 1.75. The summed E-state index contributed by atoms with van der Waals surface area (Å²) in [6.07, 6.45) is 1.29.